The van der Waals surface area contributed by atoms with E-state index in [9.17, 15) is 14.4 Å². The van der Waals surface area contributed by atoms with Gasteiger partial charge in [-0.15, -0.1) is 0 Å². The van der Waals surface area contributed by atoms with E-state index in [1.807, 2.05) is 71.6 Å². The number of ether oxygens (including phenoxy) is 1. The number of nitrogens with one attached hydrogen (secondary N) is 1. The zero-order valence-electron chi connectivity index (χ0n) is 19.2. The molecule has 1 saturated heterocycles. The van der Waals surface area contributed by atoms with Crippen LogP contribution in [0.15, 0.2) is 84.9 Å². The zero-order valence-corrected chi connectivity index (χ0v) is 19.2. The van der Waals surface area contributed by atoms with Gasteiger partial charge < -0.3 is 15.0 Å². The molecule has 0 bridgehead atoms. The highest BCUT2D eigenvalue weighted by atomic mass is 16.5. The number of fused-ring (bicyclic) bond motifs is 6. The van der Waals surface area contributed by atoms with Crippen LogP contribution in [-0.2, 0) is 19.7 Å². The number of nitrogens with zero attached hydrogens (tertiary/aromatic N) is 1. The molecule has 3 aliphatic rings. The number of para-hydroxylation sites is 2. The Hall–Kier alpha value is -4.19. The van der Waals surface area contributed by atoms with Gasteiger partial charge in [-0.1, -0.05) is 78.9 Å². The molecule has 0 saturated carbocycles. The van der Waals surface area contributed by atoms with Crippen molar-refractivity contribution in [2.24, 2.45) is 5.92 Å². The van der Waals surface area contributed by atoms with E-state index in [2.05, 4.69) is 5.32 Å². The fourth-order valence-electron chi connectivity index (χ4n) is 6.10. The van der Waals surface area contributed by atoms with Gasteiger partial charge in [0.15, 0.2) is 5.78 Å². The number of benzene rings is 3. The first-order valence-electron chi connectivity index (χ1n) is 11.8. The second-order valence-electron chi connectivity index (χ2n) is 9.04. The summed E-state index contributed by atoms with van der Waals surface area (Å²) < 4.78 is 5.54. The van der Waals surface area contributed by atoms with Crippen LogP contribution in [0.25, 0.3) is 6.08 Å². The quantitative estimate of drug-likeness (QED) is 0.462. The van der Waals surface area contributed by atoms with Gasteiger partial charge in [0.2, 0.25) is 5.91 Å². The van der Waals surface area contributed by atoms with Gasteiger partial charge in [0.25, 0.3) is 0 Å². The first-order chi connectivity index (χ1) is 17.1. The van der Waals surface area contributed by atoms with Gasteiger partial charge in [0.05, 0.1) is 18.6 Å². The van der Waals surface area contributed by atoms with Crippen LogP contribution in [0.5, 0.6) is 0 Å². The minimum Gasteiger partial charge on any atom is -0.464 e. The molecule has 1 N–H and O–H groups in total. The first kappa shape index (κ1) is 21.4. The van der Waals surface area contributed by atoms with Gasteiger partial charge in [0.1, 0.15) is 11.5 Å². The molecule has 0 aliphatic carbocycles. The summed E-state index contributed by atoms with van der Waals surface area (Å²) >= 11 is 0. The van der Waals surface area contributed by atoms with Crippen LogP contribution in [0.4, 0.5) is 11.4 Å². The number of carbonyl (C=O) groups is 3. The molecule has 3 aromatic carbocycles. The number of rotatable bonds is 4. The maximum absolute atomic E-state index is 14.3. The van der Waals surface area contributed by atoms with E-state index >= 15 is 0 Å². The smallest absolute Gasteiger partial charge is 0.329 e. The highest BCUT2D eigenvalue weighted by Gasteiger charge is 2.70. The van der Waals surface area contributed by atoms with Crippen molar-refractivity contribution in [1.29, 1.82) is 0 Å². The van der Waals surface area contributed by atoms with E-state index in [0.717, 1.165) is 16.8 Å². The van der Waals surface area contributed by atoms with E-state index in [1.165, 1.54) is 0 Å². The van der Waals surface area contributed by atoms with Crippen LogP contribution in [-0.4, -0.2) is 36.4 Å². The molecule has 6 nitrogen and oxygen atoms in total. The Bertz CT molecular complexity index is 1380. The molecule has 0 aromatic heterocycles. The monoisotopic (exact) mass is 464 g/mol. The van der Waals surface area contributed by atoms with Crippen molar-refractivity contribution in [2.45, 2.75) is 24.4 Å². The Morgan fingerprint density at radius 3 is 2.49 bits per heavy atom. The van der Waals surface area contributed by atoms with Crippen LogP contribution >= 0.6 is 0 Å². The minimum atomic E-state index is -1.30. The molecule has 0 unspecified atom stereocenters. The number of hydrogen-bond acceptors (Lipinski definition) is 5. The van der Waals surface area contributed by atoms with Gasteiger partial charge in [-0.3, -0.25) is 9.59 Å². The van der Waals surface area contributed by atoms with E-state index < -0.39 is 29.4 Å². The summed E-state index contributed by atoms with van der Waals surface area (Å²) in [6.45, 7) is 1.92. The first-order valence-corrected chi connectivity index (χ1v) is 11.8. The summed E-state index contributed by atoms with van der Waals surface area (Å²) in [6, 6.07) is 22.5. The molecule has 3 aliphatic heterocycles. The summed E-state index contributed by atoms with van der Waals surface area (Å²) in [5.74, 6) is -2.03. The number of esters is 1. The number of anilines is 2. The minimum absolute atomic E-state index is 0.174. The number of Topliss-reactive ketones (excluding diaryl/α,β-unsaturated/α-hetero) is 1. The van der Waals surface area contributed by atoms with E-state index in [-0.39, 0.29) is 18.3 Å². The molecule has 1 spiro atoms. The lowest BCUT2D eigenvalue weighted by Gasteiger charge is -2.37. The second kappa shape index (κ2) is 7.94. The predicted molar refractivity (Wildman–Crippen MR) is 133 cm³/mol. The number of ketones is 1. The van der Waals surface area contributed by atoms with Crippen molar-refractivity contribution in [2.75, 3.05) is 16.8 Å². The van der Waals surface area contributed by atoms with Gasteiger partial charge in [-0.25, -0.2) is 4.79 Å². The van der Waals surface area contributed by atoms with Crippen molar-refractivity contribution in [3.8, 4) is 0 Å². The molecular formula is C29H24N2O4. The maximum Gasteiger partial charge on any atom is 0.329 e. The van der Waals surface area contributed by atoms with E-state index in [4.69, 9.17) is 4.74 Å². The molecule has 1 amide bonds. The molecule has 3 aromatic rings. The number of amides is 1. The van der Waals surface area contributed by atoms with Crippen LogP contribution in [0.2, 0.25) is 0 Å². The SMILES string of the molecule is CCOC(=O)[C@@H]1[C@@H](C(=O)c2ccccc2)[C@]2(C(=O)Nc3ccccc32)[C@H]2C=Cc3ccccc3N12. The Morgan fingerprint density at radius 2 is 1.69 bits per heavy atom. The molecule has 4 atom stereocenters. The van der Waals surface area contributed by atoms with E-state index in [1.54, 1.807) is 31.2 Å². The highest BCUT2D eigenvalue weighted by molar-refractivity contribution is 6.16. The summed E-state index contributed by atoms with van der Waals surface area (Å²) in [4.78, 5) is 43.9. The average Bonchev–Trinajstić information content (AvgIpc) is 3.37. The lowest BCUT2D eigenvalue weighted by atomic mass is 9.64. The topological polar surface area (TPSA) is 75.7 Å². The van der Waals surface area contributed by atoms with Crippen molar-refractivity contribution < 1.29 is 19.1 Å². The van der Waals surface area contributed by atoms with Gasteiger partial charge in [-0.2, -0.15) is 0 Å². The Morgan fingerprint density at radius 1 is 0.971 bits per heavy atom. The zero-order chi connectivity index (χ0) is 24.2. The van der Waals surface area contributed by atoms with Crippen molar-refractivity contribution in [3.05, 3.63) is 102 Å². The van der Waals surface area contributed by atoms with Crippen molar-refractivity contribution in [3.63, 3.8) is 0 Å². The highest BCUT2D eigenvalue weighted by Crippen LogP contribution is 2.57. The third-order valence-corrected chi connectivity index (χ3v) is 7.41. The summed E-state index contributed by atoms with van der Waals surface area (Å²) in [5.41, 5.74) is 2.28. The van der Waals surface area contributed by atoms with Crippen LogP contribution in [0.1, 0.15) is 28.4 Å². The second-order valence-corrected chi connectivity index (χ2v) is 9.04. The lowest BCUT2D eigenvalue weighted by molar-refractivity contribution is -0.145. The maximum atomic E-state index is 14.3. The van der Waals surface area contributed by atoms with Gasteiger partial charge in [0, 0.05) is 16.9 Å². The molecule has 174 valence electrons. The van der Waals surface area contributed by atoms with Gasteiger partial charge in [-0.05, 0) is 30.2 Å². The molecule has 35 heavy (non-hydrogen) atoms. The number of carbonyl (C=O) groups excluding carboxylic acids is 3. The van der Waals surface area contributed by atoms with Crippen LogP contribution in [0, 0.1) is 5.92 Å². The molecule has 6 rings (SSSR count). The third-order valence-electron chi connectivity index (χ3n) is 7.41. The lowest BCUT2D eigenvalue weighted by Crippen LogP contribution is -2.51. The predicted octanol–water partition coefficient (Wildman–Crippen LogP) is 4.22. The normalized spacial score (nSPS) is 25.6. The van der Waals surface area contributed by atoms with Crippen LogP contribution < -0.4 is 10.2 Å². The van der Waals surface area contributed by atoms with Crippen LogP contribution in [0.3, 0.4) is 0 Å². The summed E-state index contributed by atoms with van der Waals surface area (Å²) in [6.07, 6.45) is 3.93. The summed E-state index contributed by atoms with van der Waals surface area (Å²) in [5, 5.41) is 3.01. The molecular weight excluding hydrogens is 440 g/mol. The number of hydrogen-bond donors (Lipinski definition) is 1. The fourth-order valence-corrected chi connectivity index (χ4v) is 6.10. The molecule has 1 fully saturated rings. The fraction of sp³-hybridized carbons (Fsp3) is 0.207. The van der Waals surface area contributed by atoms with Crippen molar-refractivity contribution in [1.82, 2.24) is 0 Å². The Balaban J connectivity index is 1.66. The molecule has 0 radical (unpaired) electrons. The van der Waals surface area contributed by atoms with Gasteiger partial charge >= 0.3 is 5.97 Å². The summed E-state index contributed by atoms with van der Waals surface area (Å²) in [7, 11) is 0. The third kappa shape index (κ3) is 2.86. The Labute approximate surface area is 203 Å². The molecule has 6 heteroatoms. The molecule has 3 heterocycles. The average molecular weight is 465 g/mol. The largest absolute Gasteiger partial charge is 0.464 e. The van der Waals surface area contributed by atoms with E-state index in [0.29, 0.717) is 11.3 Å². The standard InChI is InChI=1S/C29H24N2O4/c1-2-35-27(33)25-24(26(32)19-11-4-3-5-12-19)29(20-13-7-8-14-21(20)30-28(29)34)23-17-16-18-10-6-9-15-22(18)31(23)25/h3-17,23-25H,2H2,1H3,(H,30,34)/t23-,24+,25+,29-/m1/s1. The Kier molecular flexibility index (Phi) is 4.85. The van der Waals surface area contributed by atoms with Crippen molar-refractivity contribution >= 4 is 35.1 Å².